The molecule has 0 aromatic rings. The normalized spacial score (nSPS) is 52.8. The van der Waals surface area contributed by atoms with Crippen LogP contribution in [0, 0.1) is 52.3 Å². The van der Waals surface area contributed by atoms with Gasteiger partial charge in [0.25, 0.3) is 0 Å². The number of hydrogen-bond acceptors (Lipinski definition) is 2. The van der Waals surface area contributed by atoms with Gasteiger partial charge in [-0.05, 0) is 143 Å². The highest BCUT2D eigenvalue weighted by Gasteiger charge is 2.61. The van der Waals surface area contributed by atoms with Gasteiger partial charge >= 0.3 is 0 Å². The fraction of sp³-hybridized carbons (Fsp3) is 1.00. The third kappa shape index (κ3) is 3.51. The van der Waals surface area contributed by atoms with E-state index in [1.165, 1.54) is 64.2 Å². The molecule has 172 valence electrons. The zero-order valence-corrected chi connectivity index (χ0v) is 20.2. The van der Waals surface area contributed by atoms with E-state index >= 15 is 0 Å². The zero-order valence-electron chi connectivity index (χ0n) is 20.2. The van der Waals surface area contributed by atoms with Crippen LogP contribution in [0.3, 0.4) is 0 Å². The smallest absolute Gasteiger partial charge is 0.0622 e. The quantitative estimate of drug-likeness (QED) is 0.531. The molecular formula is C28H48O2. The molecule has 10 atom stereocenters. The average Bonchev–Trinajstić information content (AvgIpc) is 3.48. The van der Waals surface area contributed by atoms with E-state index < -0.39 is 5.60 Å². The zero-order chi connectivity index (χ0) is 21.3. The molecule has 2 unspecified atom stereocenters. The predicted octanol–water partition coefficient (Wildman–Crippen LogP) is 6.58. The van der Waals surface area contributed by atoms with E-state index in [0.29, 0.717) is 16.7 Å². The Hall–Kier alpha value is -0.0800. The van der Waals surface area contributed by atoms with Gasteiger partial charge in [-0.2, -0.15) is 0 Å². The monoisotopic (exact) mass is 416 g/mol. The molecular weight excluding hydrogens is 368 g/mol. The Labute approximate surface area is 185 Å². The molecule has 5 aliphatic rings. The summed E-state index contributed by atoms with van der Waals surface area (Å²) in [5.74, 6) is 5.77. The van der Waals surface area contributed by atoms with Crippen LogP contribution in [-0.2, 0) is 0 Å². The molecule has 0 aromatic heterocycles. The van der Waals surface area contributed by atoms with Gasteiger partial charge in [0.15, 0.2) is 0 Å². The molecule has 0 aliphatic heterocycles. The summed E-state index contributed by atoms with van der Waals surface area (Å²) >= 11 is 0. The summed E-state index contributed by atoms with van der Waals surface area (Å²) < 4.78 is 0. The van der Waals surface area contributed by atoms with E-state index in [1.54, 1.807) is 0 Å². The van der Waals surface area contributed by atoms with Crippen molar-refractivity contribution in [2.24, 2.45) is 52.3 Å². The highest BCUT2D eigenvalue weighted by molar-refractivity contribution is 5.10. The Bertz CT molecular complexity index is 639. The van der Waals surface area contributed by atoms with Crippen molar-refractivity contribution in [1.82, 2.24) is 0 Å². The highest BCUT2D eigenvalue weighted by atomic mass is 16.3. The maximum atomic E-state index is 10.7. The van der Waals surface area contributed by atoms with Crippen molar-refractivity contribution < 1.29 is 10.2 Å². The summed E-state index contributed by atoms with van der Waals surface area (Å²) in [5, 5.41) is 21.1. The van der Waals surface area contributed by atoms with Crippen molar-refractivity contribution in [3.63, 3.8) is 0 Å². The number of fused-ring (bicyclic) bond motifs is 5. The lowest BCUT2D eigenvalue weighted by Gasteiger charge is -2.62. The van der Waals surface area contributed by atoms with E-state index in [1.807, 2.05) is 0 Å². The first kappa shape index (κ1) is 21.7. The van der Waals surface area contributed by atoms with E-state index in [2.05, 4.69) is 27.7 Å². The first-order valence-electron chi connectivity index (χ1n) is 13.5. The minimum atomic E-state index is -0.418. The molecule has 5 saturated carbocycles. The fourth-order valence-electron chi connectivity index (χ4n) is 9.76. The number of rotatable bonds is 5. The lowest BCUT2D eigenvalue weighted by atomic mass is 9.43. The molecule has 2 nitrogen and oxygen atoms in total. The summed E-state index contributed by atoms with van der Waals surface area (Å²) in [6, 6.07) is 0. The second-order valence-corrected chi connectivity index (χ2v) is 13.5. The fourth-order valence-corrected chi connectivity index (χ4v) is 9.76. The standard InChI is InChI=1S/C28H48O2/c1-18(5-12-25(29)19-6-7-19)22-10-11-23-21-9-8-20-17-26(2,30)15-16-27(20,3)24(21)13-14-28(22,23)4/h18-25,29-30H,5-17H2,1-4H3/t18-,20+,21+,22-,23+,24?,25?,26+,27+,28-/m1/s1. The molecule has 5 fully saturated rings. The van der Waals surface area contributed by atoms with Crippen molar-refractivity contribution in [3.8, 4) is 0 Å². The third-order valence-electron chi connectivity index (χ3n) is 11.8. The van der Waals surface area contributed by atoms with Gasteiger partial charge in [0.05, 0.1) is 11.7 Å². The summed E-state index contributed by atoms with van der Waals surface area (Å²) in [7, 11) is 0. The molecule has 0 saturated heterocycles. The van der Waals surface area contributed by atoms with Gasteiger partial charge in [-0.1, -0.05) is 20.8 Å². The van der Waals surface area contributed by atoms with Gasteiger partial charge in [-0.15, -0.1) is 0 Å². The van der Waals surface area contributed by atoms with Crippen molar-refractivity contribution in [1.29, 1.82) is 0 Å². The van der Waals surface area contributed by atoms with Gasteiger partial charge in [0, 0.05) is 0 Å². The van der Waals surface area contributed by atoms with Crippen LogP contribution < -0.4 is 0 Å². The molecule has 0 amide bonds. The molecule has 0 radical (unpaired) electrons. The van der Waals surface area contributed by atoms with Gasteiger partial charge in [0.1, 0.15) is 0 Å². The van der Waals surface area contributed by atoms with Crippen LogP contribution in [-0.4, -0.2) is 21.9 Å². The van der Waals surface area contributed by atoms with Crippen molar-refractivity contribution in [2.45, 2.75) is 123 Å². The highest BCUT2D eigenvalue weighted by Crippen LogP contribution is 2.68. The van der Waals surface area contributed by atoms with Crippen molar-refractivity contribution in [3.05, 3.63) is 0 Å². The Kier molecular flexibility index (Phi) is 5.42. The number of aliphatic hydroxyl groups excluding tert-OH is 1. The number of hydrogen-bond donors (Lipinski definition) is 2. The SMILES string of the molecule is C[C@H](CCC(O)C1CC1)[C@H]1CC[C@H]2[C@@H]3CC[C@H]4C[C@@](C)(O)CC[C@]4(C)C3CC[C@]12C. The average molecular weight is 417 g/mol. The minimum Gasteiger partial charge on any atom is -0.393 e. The van der Waals surface area contributed by atoms with Crippen LogP contribution in [0.25, 0.3) is 0 Å². The Balaban J connectivity index is 1.28. The molecule has 5 aliphatic carbocycles. The molecule has 0 spiro atoms. The Morgan fingerprint density at radius 1 is 0.800 bits per heavy atom. The van der Waals surface area contributed by atoms with Gasteiger partial charge in [-0.3, -0.25) is 0 Å². The van der Waals surface area contributed by atoms with Crippen molar-refractivity contribution in [2.75, 3.05) is 0 Å². The molecule has 0 heterocycles. The van der Waals surface area contributed by atoms with E-state index in [9.17, 15) is 10.2 Å². The van der Waals surface area contributed by atoms with Gasteiger partial charge in [0.2, 0.25) is 0 Å². The maximum Gasteiger partial charge on any atom is 0.0622 e. The van der Waals surface area contributed by atoms with Crippen LogP contribution in [0.1, 0.15) is 111 Å². The van der Waals surface area contributed by atoms with Crippen LogP contribution in [0.5, 0.6) is 0 Å². The topological polar surface area (TPSA) is 40.5 Å². The third-order valence-corrected chi connectivity index (χ3v) is 11.8. The van der Waals surface area contributed by atoms with Crippen LogP contribution in [0.2, 0.25) is 0 Å². The molecule has 2 N–H and O–H groups in total. The molecule has 0 aromatic carbocycles. The van der Waals surface area contributed by atoms with Crippen LogP contribution in [0.4, 0.5) is 0 Å². The van der Waals surface area contributed by atoms with E-state index in [-0.39, 0.29) is 6.10 Å². The summed E-state index contributed by atoms with van der Waals surface area (Å²) in [6.07, 6.45) is 16.6. The van der Waals surface area contributed by atoms with Crippen LogP contribution in [0.15, 0.2) is 0 Å². The lowest BCUT2D eigenvalue weighted by molar-refractivity contribution is -0.148. The first-order chi connectivity index (χ1) is 14.1. The minimum absolute atomic E-state index is 0.0214. The molecule has 30 heavy (non-hydrogen) atoms. The van der Waals surface area contributed by atoms with E-state index in [0.717, 1.165) is 54.8 Å². The predicted molar refractivity (Wildman–Crippen MR) is 123 cm³/mol. The van der Waals surface area contributed by atoms with Crippen molar-refractivity contribution >= 4 is 0 Å². The molecule has 0 bridgehead atoms. The van der Waals surface area contributed by atoms with Gasteiger partial charge in [-0.25, -0.2) is 0 Å². The second kappa shape index (κ2) is 7.47. The Morgan fingerprint density at radius 2 is 1.53 bits per heavy atom. The maximum absolute atomic E-state index is 10.7. The summed E-state index contributed by atoms with van der Waals surface area (Å²) in [5.41, 5.74) is 0.595. The van der Waals surface area contributed by atoms with Crippen LogP contribution >= 0.6 is 0 Å². The first-order valence-corrected chi connectivity index (χ1v) is 13.5. The largest absolute Gasteiger partial charge is 0.393 e. The summed E-state index contributed by atoms with van der Waals surface area (Å²) in [4.78, 5) is 0. The number of aliphatic hydroxyl groups is 2. The second-order valence-electron chi connectivity index (χ2n) is 13.5. The van der Waals surface area contributed by atoms with Gasteiger partial charge < -0.3 is 10.2 Å². The molecule has 2 heteroatoms. The van der Waals surface area contributed by atoms with E-state index in [4.69, 9.17) is 0 Å². The Morgan fingerprint density at radius 3 is 2.27 bits per heavy atom. The molecule has 5 rings (SSSR count). The summed E-state index contributed by atoms with van der Waals surface area (Å²) in [6.45, 7) is 9.87. The lowest BCUT2D eigenvalue weighted by Crippen LogP contribution is -2.55.